The Bertz CT molecular complexity index is 1460. The second-order valence-corrected chi connectivity index (χ2v) is 8.93. The van der Waals surface area contributed by atoms with E-state index in [2.05, 4.69) is 43.0 Å². The van der Waals surface area contributed by atoms with E-state index in [0.717, 1.165) is 42.3 Å². The van der Waals surface area contributed by atoms with Gasteiger partial charge in [0.2, 0.25) is 0 Å². The molecule has 0 heterocycles. The van der Waals surface area contributed by atoms with Crippen molar-refractivity contribution in [3.05, 3.63) is 118 Å². The number of nitrogens with zero attached hydrogens (tertiary/aromatic N) is 1. The molecule has 0 aromatic heterocycles. The van der Waals surface area contributed by atoms with E-state index in [1.54, 1.807) is 18.2 Å². The predicted octanol–water partition coefficient (Wildman–Crippen LogP) is 8.05. The zero-order valence-corrected chi connectivity index (χ0v) is 20.2. The van der Waals surface area contributed by atoms with Gasteiger partial charge in [-0.05, 0) is 66.0 Å². The Morgan fingerprint density at radius 2 is 1.33 bits per heavy atom. The van der Waals surface area contributed by atoms with Crippen molar-refractivity contribution in [2.24, 2.45) is 0 Å². The smallest absolute Gasteiger partial charge is 0.146 e. The van der Waals surface area contributed by atoms with Gasteiger partial charge in [-0.3, -0.25) is 0 Å². The Morgan fingerprint density at radius 3 is 2.00 bits per heavy atom. The summed E-state index contributed by atoms with van der Waals surface area (Å²) in [7, 11) is 0. The van der Waals surface area contributed by atoms with Crippen LogP contribution < -0.4 is 0 Å². The first-order chi connectivity index (χ1) is 17.5. The number of hydrogen-bond acceptors (Lipinski definition) is 1. The van der Waals surface area contributed by atoms with Crippen molar-refractivity contribution < 1.29 is 13.2 Å². The minimum atomic E-state index is -0.990. The van der Waals surface area contributed by atoms with E-state index in [-0.39, 0.29) is 11.1 Å². The third-order valence-electron chi connectivity index (χ3n) is 6.31. The van der Waals surface area contributed by atoms with Crippen LogP contribution in [0.5, 0.6) is 0 Å². The van der Waals surface area contributed by atoms with Crippen molar-refractivity contribution in [2.45, 2.75) is 45.4 Å². The number of halogens is 3. The third kappa shape index (κ3) is 5.96. The number of benzene rings is 4. The number of fused-ring (bicyclic) bond motifs is 1. The summed E-state index contributed by atoms with van der Waals surface area (Å²) in [5.74, 6) is 2.79. The number of aryl methyl sites for hydroxylation is 3. The Morgan fingerprint density at radius 1 is 0.694 bits per heavy atom. The van der Waals surface area contributed by atoms with Crippen LogP contribution in [0.15, 0.2) is 66.7 Å². The van der Waals surface area contributed by atoms with Crippen molar-refractivity contribution in [3.63, 3.8) is 0 Å². The van der Waals surface area contributed by atoms with Crippen LogP contribution in [0.25, 0.3) is 10.8 Å². The molecule has 0 aliphatic heterocycles. The van der Waals surface area contributed by atoms with Gasteiger partial charge in [-0.15, -0.1) is 0 Å². The first kappa shape index (κ1) is 25.1. The molecule has 0 saturated heterocycles. The van der Waals surface area contributed by atoms with Crippen LogP contribution in [0.1, 0.15) is 59.6 Å². The summed E-state index contributed by atoms with van der Waals surface area (Å²) in [6.45, 7) is 2.21. The average molecular weight is 482 g/mol. The Balaban J connectivity index is 1.46. The summed E-state index contributed by atoms with van der Waals surface area (Å²) in [5, 5.41) is 9.99. The standard InChI is InChI=1S/C32H26F3N/c1-2-3-4-5-22-6-8-23(9-7-22)10-11-24-13-17-28-27(18-24)16-15-26(32(28)35)14-12-25-19-30(33)29(21-36)31(34)20-25/h6-9,13,15-20H,2-5,10-11H2,1H3. The molecule has 4 aromatic rings. The lowest BCUT2D eigenvalue weighted by Crippen LogP contribution is -1.94. The van der Waals surface area contributed by atoms with Crippen molar-refractivity contribution in [1.29, 1.82) is 5.26 Å². The molecular weight excluding hydrogens is 455 g/mol. The Labute approximate surface area is 210 Å². The van der Waals surface area contributed by atoms with Gasteiger partial charge in [-0.2, -0.15) is 5.26 Å². The van der Waals surface area contributed by atoms with Crippen molar-refractivity contribution >= 4 is 10.8 Å². The van der Waals surface area contributed by atoms with Crippen molar-refractivity contribution in [2.75, 3.05) is 0 Å². The van der Waals surface area contributed by atoms with E-state index >= 15 is 4.39 Å². The molecule has 0 amide bonds. The Hall–Kier alpha value is -4.02. The Kier molecular flexibility index (Phi) is 8.09. The maximum atomic E-state index is 15.1. The highest BCUT2D eigenvalue weighted by atomic mass is 19.1. The summed E-state index contributed by atoms with van der Waals surface area (Å²) >= 11 is 0. The maximum Gasteiger partial charge on any atom is 0.146 e. The molecule has 0 N–H and O–H groups in total. The van der Waals surface area contributed by atoms with E-state index < -0.39 is 23.0 Å². The zero-order chi connectivity index (χ0) is 25.5. The largest absolute Gasteiger partial charge is 0.205 e. The molecule has 1 nitrogen and oxygen atoms in total. The molecule has 0 aliphatic rings. The van der Waals surface area contributed by atoms with Crippen LogP contribution in [-0.2, 0) is 19.3 Å². The molecule has 0 bridgehead atoms. The lowest BCUT2D eigenvalue weighted by molar-refractivity contribution is 0.576. The fraction of sp³-hybridized carbons (Fsp3) is 0.219. The highest BCUT2D eigenvalue weighted by molar-refractivity contribution is 5.85. The van der Waals surface area contributed by atoms with Crippen LogP contribution in [0, 0.1) is 40.6 Å². The quantitative estimate of drug-likeness (QED) is 0.194. The number of hydrogen-bond donors (Lipinski definition) is 0. The van der Waals surface area contributed by atoms with Crippen LogP contribution in [-0.4, -0.2) is 0 Å². The first-order valence-corrected chi connectivity index (χ1v) is 12.2. The third-order valence-corrected chi connectivity index (χ3v) is 6.31. The number of nitriles is 1. The predicted molar refractivity (Wildman–Crippen MR) is 138 cm³/mol. The molecule has 0 aliphatic carbocycles. The molecule has 4 aromatic carbocycles. The molecule has 4 heteroatoms. The van der Waals surface area contributed by atoms with Crippen molar-refractivity contribution in [1.82, 2.24) is 0 Å². The van der Waals surface area contributed by atoms with E-state index in [1.165, 1.54) is 36.5 Å². The summed E-state index contributed by atoms with van der Waals surface area (Å²) < 4.78 is 42.7. The van der Waals surface area contributed by atoms with Crippen molar-refractivity contribution in [3.8, 4) is 17.9 Å². The normalized spacial score (nSPS) is 10.6. The zero-order valence-electron chi connectivity index (χ0n) is 20.2. The molecule has 0 unspecified atom stereocenters. The van der Waals surface area contributed by atoms with Gasteiger partial charge < -0.3 is 0 Å². The van der Waals surface area contributed by atoms with E-state index in [0.29, 0.717) is 5.39 Å². The lowest BCUT2D eigenvalue weighted by Gasteiger charge is -2.07. The molecule has 0 spiro atoms. The molecule has 0 saturated carbocycles. The first-order valence-electron chi connectivity index (χ1n) is 12.2. The fourth-order valence-electron chi connectivity index (χ4n) is 4.23. The number of rotatable bonds is 7. The molecular formula is C32H26F3N. The molecule has 180 valence electrons. The molecule has 36 heavy (non-hydrogen) atoms. The van der Waals surface area contributed by atoms with E-state index in [4.69, 9.17) is 5.26 Å². The molecule has 0 fully saturated rings. The van der Waals surface area contributed by atoms with E-state index in [1.807, 2.05) is 12.1 Å². The maximum absolute atomic E-state index is 15.1. The van der Waals surface area contributed by atoms with Gasteiger partial charge in [0.1, 0.15) is 29.1 Å². The van der Waals surface area contributed by atoms with Gasteiger partial charge in [-0.25, -0.2) is 13.2 Å². The summed E-state index contributed by atoms with van der Waals surface area (Å²) in [6.07, 6.45) is 6.59. The molecule has 0 atom stereocenters. The SMILES string of the molecule is CCCCCc1ccc(CCc2ccc3c(F)c(C#Cc4cc(F)c(C#N)c(F)c4)ccc3c2)cc1. The van der Waals surface area contributed by atoms with Crippen LogP contribution >= 0.6 is 0 Å². The van der Waals surface area contributed by atoms with Gasteiger partial charge in [0.15, 0.2) is 0 Å². The van der Waals surface area contributed by atoms with Crippen LogP contribution in [0.2, 0.25) is 0 Å². The summed E-state index contributed by atoms with van der Waals surface area (Å²) in [4.78, 5) is 0. The minimum Gasteiger partial charge on any atom is -0.205 e. The van der Waals surface area contributed by atoms with Gasteiger partial charge in [0, 0.05) is 10.9 Å². The monoisotopic (exact) mass is 481 g/mol. The molecule has 4 rings (SSSR count). The van der Waals surface area contributed by atoms with Gasteiger partial charge >= 0.3 is 0 Å². The number of unbranched alkanes of at least 4 members (excludes halogenated alkanes) is 2. The van der Waals surface area contributed by atoms with E-state index in [9.17, 15) is 8.78 Å². The molecule has 0 radical (unpaired) electrons. The van der Waals surface area contributed by atoms with Gasteiger partial charge in [0.05, 0.1) is 5.56 Å². The highest BCUT2D eigenvalue weighted by Gasteiger charge is 2.10. The van der Waals surface area contributed by atoms with Gasteiger partial charge in [0.25, 0.3) is 0 Å². The summed E-state index contributed by atoms with van der Waals surface area (Å²) in [5.41, 5.74) is 3.29. The minimum absolute atomic E-state index is 0.0350. The highest BCUT2D eigenvalue weighted by Crippen LogP contribution is 2.23. The van der Waals surface area contributed by atoms with Crippen LogP contribution in [0.4, 0.5) is 13.2 Å². The fourth-order valence-corrected chi connectivity index (χ4v) is 4.23. The summed E-state index contributed by atoms with van der Waals surface area (Å²) in [6, 6.07) is 21.3. The average Bonchev–Trinajstić information content (AvgIpc) is 2.88. The topological polar surface area (TPSA) is 23.8 Å². The van der Waals surface area contributed by atoms with Crippen LogP contribution in [0.3, 0.4) is 0 Å². The second kappa shape index (κ2) is 11.6. The lowest BCUT2D eigenvalue weighted by atomic mass is 9.98. The second-order valence-electron chi connectivity index (χ2n) is 8.93. The van der Waals surface area contributed by atoms with Gasteiger partial charge in [-0.1, -0.05) is 80.1 Å².